The van der Waals surface area contributed by atoms with Crippen LogP contribution >= 0.6 is 0 Å². The van der Waals surface area contributed by atoms with Crippen molar-refractivity contribution in [1.82, 2.24) is 19.3 Å². The zero-order valence-corrected chi connectivity index (χ0v) is 23.3. The second-order valence-electron chi connectivity index (χ2n) is 9.42. The third-order valence-electron chi connectivity index (χ3n) is 6.57. The molecule has 1 aromatic heterocycles. The molecule has 206 valence electrons. The number of imidazole rings is 1. The number of hydrogen-bond donors (Lipinski definition) is 1. The van der Waals surface area contributed by atoms with Crippen molar-refractivity contribution < 1.29 is 13.2 Å². The minimum atomic E-state index is -3.75. The number of nitrogens with zero attached hydrogens (tertiary/aromatic N) is 4. The van der Waals surface area contributed by atoms with Gasteiger partial charge in [0.05, 0.1) is 16.9 Å². The maximum atomic E-state index is 13.5. The van der Waals surface area contributed by atoms with Gasteiger partial charge in [-0.3, -0.25) is 4.79 Å². The highest BCUT2D eigenvalue weighted by Gasteiger charge is 2.25. The molecule has 1 amide bonds. The Balaban J connectivity index is 1.27. The molecule has 41 heavy (non-hydrogen) atoms. The molecule has 0 fully saturated rings. The maximum Gasteiger partial charge on any atom is 0.271 e. The lowest BCUT2D eigenvalue weighted by atomic mass is 10.1. The van der Waals surface area contributed by atoms with E-state index >= 15 is 0 Å². The largest absolute Gasteiger partial charge is 0.306 e. The topological polar surface area (TPSA) is 96.7 Å². The quantitative estimate of drug-likeness (QED) is 0.181. The summed E-state index contributed by atoms with van der Waals surface area (Å²) in [6, 6.07) is 32.5. The number of amides is 1. The lowest BCUT2D eigenvalue weighted by Crippen LogP contribution is -2.30. The van der Waals surface area contributed by atoms with Crippen LogP contribution in [0.5, 0.6) is 0 Å². The van der Waals surface area contributed by atoms with E-state index in [9.17, 15) is 13.2 Å². The van der Waals surface area contributed by atoms with Gasteiger partial charge in [0.1, 0.15) is 0 Å². The van der Waals surface area contributed by atoms with Crippen LogP contribution in [-0.2, 0) is 23.1 Å². The van der Waals surface area contributed by atoms with Crippen molar-refractivity contribution in [2.24, 2.45) is 5.10 Å². The predicted molar refractivity (Wildman–Crippen MR) is 159 cm³/mol. The van der Waals surface area contributed by atoms with E-state index in [0.29, 0.717) is 11.3 Å². The van der Waals surface area contributed by atoms with E-state index in [0.717, 1.165) is 22.4 Å². The van der Waals surface area contributed by atoms with Crippen molar-refractivity contribution >= 4 is 21.6 Å². The summed E-state index contributed by atoms with van der Waals surface area (Å²) in [5.41, 5.74) is 7.18. The van der Waals surface area contributed by atoms with Crippen LogP contribution in [0, 0.1) is 0 Å². The summed E-state index contributed by atoms with van der Waals surface area (Å²) >= 11 is 0. The number of nitrogens with one attached hydrogen (secondary N) is 1. The Morgan fingerprint density at radius 3 is 2.00 bits per heavy atom. The SMILES string of the molecule is C/C(=N\NC(=O)c1ccc(CN(Cc2ccccc2)S(=O)(=O)c2ccccc2)cc1)c1ccc(-n2ccnc2)cc1. The van der Waals surface area contributed by atoms with Gasteiger partial charge in [-0.1, -0.05) is 72.8 Å². The van der Waals surface area contributed by atoms with Crippen LogP contribution in [-0.4, -0.2) is 33.9 Å². The normalized spacial score (nSPS) is 11.9. The Morgan fingerprint density at radius 1 is 0.805 bits per heavy atom. The molecule has 0 aliphatic carbocycles. The van der Waals surface area contributed by atoms with Crippen molar-refractivity contribution in [2.75, 3.05) is 0 Å². The van der Waals surface area contributed by atoms with Gasteiger partial charge in [-0.15, -0.1) is 0 Å². The van der Waals surface area contributed by atoms with E-state index in [1.165, 1.54) is 4.31 Å². The Hall–Kier alpha value is -4.86. The Bertz CT molecular complexity index is 1720. The first-order chi connectivity index (χ1) is 19.9. The number of carbonyl (C=O) groups is 1. The van der Waals surface area contributed by atoms with Gasteiger partial charge in [0.25, 0.3) is 5.91 Å². The first kappa shape index (κ1) is 27.7. The highest BCUT2D eigenvalue weighted by atomic mass is 32.2. The van der Waals surface area contributed by atoms with Crippen molar-refractivity contribution in [3.63, 3.8) is 0 Å². The number of benzene rings is 4. The number of aromatic nitrogens is 2. The van der Waals surface area contributed by atoms with Gasteiger partial charge < -0.3 is 4.57 Å². The van der Waals surface area contributed by atoms with Crippen molar-refractivity contribution in [3.8, 4) is 5.69 Å². The van der Waals surface area contributed by atoms with E-state index in [4.69, 9.17) is 0 Å². The van der Waals surface area contributed by atoms with Crippen LogP contribution in [0.2, 0.25) is 0 Å². The van der Waals surface area contributed by atoms with Crippen LogP contribution < -0.4 is 5.43 Å². The molecule has 0 unspecified atom stereocenters. The fourth-order valence-corrected chi connectivity index (χ4v) is 5.71. The molecule has 4 aromatic carbocycles. The zero-order chi connectivity index (χ0) is 28.7. The third-order valence-corrected chi connectivity index (χ3v) is 8.38. The van der Waals surface area contributed by atoms with Crippen LogP contribution in [0.1, 0.15) is 34.0 Å². The summed E-state index contributed by atoms with van der Waals surface area (Å²) in [4.78, 5) is 17.1. The van der Waals surface area contributed by atoms with Gasteiger partial charge in [-0.2, -0.15) is 9.41 Å². The molecular formula is C32H29N5O3S. The van der Waals surface area contributed by atoms with Gasteiger partial charge in [0.2, 0.25) is 10.0 Å². The zero-order valence-electron chi connectivity index (χ0n) is 22.5. The fourth-order valence-electron chi connectivity index (χ4n) is 4.27. The monoisotopic (exact) mass is 563 g/mol. The van der Waals surface area contributed by atoms with E-state index < -0.39 is 10.0 Å². The van der Waals surface area contributed by atoms with Crippen molar-refractivity contribution in [3.05, 3.63) is 150 Å². The van der Waals surface area contributed by atoms with E-state index in [-0.39, 0.29) is 23.9 Å². The second-order valence-corrected chi connectivity index (χ2v) is 11.4. The number of carbonyl (C=O) groups excluding carboxylic acids is 1. The number of hydrazone groups is 1. The summed E-state index contributed by atoms with van der Waals surface area (Å²) in [6.45, 7) is 2.20. The Labute approximate surface area is 239 Å². The molecule has 5 aromatic rings. The molecule has 5 rings (SSSR count). The molecule has 1 N–H and O–H groups in total. The third kappa shape index (κ3) is 6.84. The van der Waals surface area contributed by atoms with Crippen molar-refractivity contribution in [1.29, 1.82) is 0 Å². The molecule has 0 spiro atoms. The average Bonchev–Trinajstić information content (AvgIpc) is 3.56. The highest BCUT2D eigenvalue weighted by Crippen LogP contribution is 2.21. The van der Waals surface area contributed by atoms with Gasteiger partial charge in [-0.05, 0) is 60.0 Å². The Morgan fingerprint density at radius 2 is 1.39 bits per heavy atom. The minimum Gasteiger partial charge on any atom is -0.306 e. The summed E-state index contributed by atoms with van der Waals surface area (Å²) in [7, 11) is -3.75. The van der Waals surface area contributed by atoms with Gasteiger partial charge >= 0.3 is 0 Å². The van der Waals surface area contributed by atoms with Gasteiger partial charge in [0, 0.05) is 36.7 Å². The molecule has 9 heteroatoms. The fraction of sp³-hybridized carbons (Fsp3) is 0.0938. The summed E-state index contributed by atoms with van der Waals surface area (Å²) < 4.78 is 30.4. The maximum absolute atomic E-state index is 13.5. The number of sulfonamides is 1. The number of rotatable bonds is 10. The standard InChI is InChI=1S/C32H29N5O3S/c1-25(28-16-18-30(19-17-28)36-21-20-33-24-36)34-35-32(38)29-14-12-27(13-15-29)23-37(22-26-8-4-2-5-9-26)41(39,40)31-10-6-3-7-11-31/h2-21,24H,22-23H2,1H3,(H,35,38)/b34-25+. The molecule has 0 saturated heterocycles. The predicted octanol–water partition coefficient (Wildman–Crippen LogP) is 5.42. The van der Waals surface area contributed by atoms with Crippen LogP contribution in [0.4, 0.5) is 0 Å². The van der Waals surface area contributed by atoms with E-state index in [1.54, 1.807) is 67.1 Å². The molecule has 0 atom stereocenters. The molecule has 8 nitrogen and oxygen atoms in total. The van der Waals surface area contributed by atoms with Crippen LogP contribution in [0.3, 0.4) is 0 Å². The first-order valence-electron chi connectivity index (χ1n) is 13.0. The molecule has 1 heterocycles. The van der Waals surface area contributed by atoms with Gasteiger partial charge in [0.15, 0.2) is 0 Å². The molecule has 0 radical (unpaired) electrons. The van der Waals surface area contributed by atoms with Crippen molar-refractivity contribution in [2.45, 2.75) is 24.9 Å². The molecular weight excluding hydrogens is 534 g/mol. The number of hydrogen-bond acceptors (Lipinski definition) is 5. The molecule has 0 aliphatic heterocycles. The Kier molecular flexibility index (Phi) is 8.47. The molecule has 0 aliphatic rings. The second kappa shape index (κ2) is 12.5. The summed E-state index contributed by atoms with van der Waals surface area (Å²) in [5, 5.41) is 4.26. The van der Waals surface area contributed by atoms with Crippen LogP contribution in [0.25, 0.3) is 5.69 Å². The average molecular weight is 564 g/mol. The lowest BCUT2D eigenvalue weighted by molar-refractivity contribution is 0.0954. The highest BCUT2D eigenvalue weighted by molar-refractivity contribution is 7.89. The smallest absolute Gasteiger partial charge is 0.271 e. The van der Waals surface area contributed by atoms with Crippen LogP contribution in [0.15, 0.2) is 138 Å². The lowest BCUT2D eigenvalue weighted by Gasteiger charge is -2.22. The van der Waals surface area contributed by atoms with E-state index in [2.05, 4.69) is 15.5 Å². The van der Waals surface area contributed by atoms with Gasteiger partial charge in [-0.25, -0.2) is 18.8 Å². The van der Waals surface area contributed by atoms with E-state index in [1.807, 2.05) is 72.3 Å². The minimum absolute atomic E-state index is 0.153. The first-order valence-corrected chi connectivity index (χ1v) is 14.5. The molecule has 0 saturated carbocycles. The summed E-state index contributed by atoms with van der Waals surface area (Å²) in [5.74, 6) is -0.357. The molecule has 0 bridgehead atoms. The summed E-state index contributed by atoms with van der Waals surface area (Å²) in [6.07, 6.45) is 5.31.